The maximum Gasteiger partial charge on any atom is 0.228 e. The number of para-hydroxylation sites is 1. The average molecular weight is 395 g/mol. The molecule has 1 heterocycles. The average Bonchev–Trinajstić information content (AvgIpc) is 3.19. The first kappa shape index (κ1) is 20.9. The van der Waals surface area contributed by atoms with Crippen molar-refractivity contribution in [3.63, 3.8) is 0 Å². The molecule has 0 saturated carbocycles. The molecule has 0 spiro atoms. The summed E-state index contributed by atoms with van der Waals surface area (Å²) in [6, 6.07) is 16.2. The smallest absolute Gasteiger partial charge is 0.228 e. The van der Waals surface area contributed by atoms with Crippen LogP contribution in [0.25, 0.3) is 11.1 Å². The zero-order chi connectivity index (χ0) is 20.9. The lowest BCUT2D eigenvalue weighted by atomic mass is 9.79. The molecule has 0 bridgehead atoms. The number of rotatable bonds is 7. The van der Waals surface area contributed by atoms with Gasteiger partial charge in [-0.25, -0.2) is 0 Å². The molecule has 1 saturated heterocycles. The van der Waals surface area contributed by atoms with Crippen LogP contribution in [0.2, 0.25) is 0 Å². The Bertz CT molecular complexity index is 863. The Morgan fingerprint density at radius 1 is 1.10 bits per heavy atom. The molecule has 2 amide bonds. The molecule has 1 fully saturated rings. The van der Waals surface area contributed by atoms with Crippen molar-refractivity contribution >= 4 is 11.8 Å². The number of hydrogen-bond acceptors (Lipinski definition) is 3. The number of nitrogens with zero attached hydrogens (tertiary/aromatic N) is 1. The normalized spacial score (nSPS) is 18.5. The van der Waals surface area contributed by atoms with Gasteiger partial charge in [0.15, 0.2) is 0 Å². The first-order valence-corrected chi connectivity index (χ1v) is 10.3. The summed E-state index contributed by atoms with van der Waals surface area (Å²) >= 11 is 0. The topological polar surface area (TPSA) is 58.6 Å². The number of ether oxygens (including phenoxy) is 1. The highest BCUT2D eigenvalue weighted by Crippen LogP contribution is 2.36. The number of carbonyl (C=O) groups excluding carboxylic acids is 2. The SMILES string of the molecule is CCNC(=O)[C@]1(Cc2ccc(-c3ccccc3OC)cc2)CCN(C(=O)CC)C1. The third-order valence-corrected chi connectivity index (χ3v) is 5.74. The van der Waals surface area contributed by atoms with E-state index in [-0.39, 0.29) is 11.8 Å². The van der Waals surface area contributed by atoms with E-state index < -0.39 is 5.41 Å². The monoisotopic (exact) mass is 394 g/mol. The number of nitrogens with one attached hydrogen (secondary N) is 1. The summed E-state index contributed by atoms with van der Waals surface area (Å²) in [6.07, 6.45) is 1.79. The molecule has 29 heavy (non-hydrogen) atoms. The van der Waals surface area contributed by atoms with E-state index >= 15 is 0 Å². The molecule has 154 valence electrons. The molecule has 0 aromatic heterocycles. The van der Waals surface area contributed by atoms with Crippen molar-refractivity contribution in [1.29, 1.82) is 0 Å². The lowest BCUT2D eigenvalue weighted by Gasteiger charge is -2.28. The minimum absolute atomic E-state index is 0.0419. The number of hydrogen-bond donors (Lipinski definition) is 1. The molecule has 0 aliphatic carbocycles. The molecule has 3 rings (SSSR count). The Hall–Kier alpha value is -2.82. The highest BCUT2D eigenvalue weighted by atomic mass is 16.5. The Labute approximate surface area is 173 Å². The van der Waals surface area contributed by atoms with Gasteiger partial charge in [0.2, 0.25) is 11.8 Å². The summed E-state index contributed by atoms with van der Waals surface area (Å²) in [5.74, 6) is 0.992. The highest BCUT2D eigenvalue weighted by Gasteiger charge is 2.45. The quantitative estimate of drug-likeness (QED) is 0.780. The van der Waals surface area contributed by atoms with Crippen LogP contribution in [0.1, 0.15) is 32.3 Å². The lowest BCUT2D eigenvalue weighted by molar-refractivity contribution is -0.133. The van der Waals surface area contributed by atoms with Crippen molar-refractivity contribution in [2.24, 2.45) is 5.41 Å². The molecular formula is C24H30N2O3. The van der Waals surface area contributed by atoms with Gasteiger partial charge in [0.25, 0.3) is 0 Å². The van der Waals surface area contributed by atoms with Gasteiger partial charge >= 0.3 is 0 Å². The summed E-state index contributed by atoms with van der Waals surface area (Å²) in [4.78, 5) is 26.9. The predicted octanol–water partition coefficient (Wildman–Crippen LogP) is 3.67. The van der Waals surface area contributed by atoms with Crippen LogP contribution in [0.3, 0.4) is 0 Å². The van der Waals surface area contributed by atoms with Gasteiger partial charge in [-0.1, -0.05) is 49.4 Å². The van der Waals surface area contributed by atoms with Crippen LogP contribution in [0.4, 0.5) is 0 Å². The number of carbonyl (C=O) groups is 2. The molecule has 0 unspecified atom stereocenters. The number of methoxy groups -OCH3 is 1. The maximum atomic E-state index is 12.9. The van der Waals surface area contributed by atoms with E-state index in [9.17, 15) is 9.59 Å². The van der Waals surface area contributed by atoms with Crippen LogP contribution in [-0.4, -0.2) is 43.5 Å². The van der Waals surface area contributed by atoms with Gasteiger partial charge in [-0.15, -0.1) is 0 Å². The Morgan fingerprint density at radius 3 is 2.48 bits per heavy atom. The van der Waals surface area contributed by atoms with Gasteiger partial charge in [0, 0.05) is 31.6 Å². The summed E-state index contributed by atoms with van der Waals surface area (Å²) in [7, 11) is 1.67. The van der Waals surface area contributed by atoms with Gasteiger partial charge in [-0.2, -0.15) is 0 Å². The molecule has 0 radical (unpaired) electrons. The van der Waals surface area contributed by atoms with E-state index in [1.54, 1.807) is 7.11 Å². The fourth-order valence-electron chi connectivity index (χ4n) is 4.14. The maximum absolute atomic E-state index is 12.9. The molecule has 2 aromatic rings. The number of benzene rings is 2. The molecule has 5 heteroatoms. The number of likely N-dealkylation sites (tertiary alicyclic amines) is 1. The minimum Gasteiger partial charge on any atom is -0.496 e. The Kier molecular flexibility index (Phi) is 6.57. The third-order valence-electron chi connectivity index (χ3n) is 5.74. The van der Waals surface area contributed by atoms with Crippen LogP contribution < -0.4 is 10.1 Å². The van der Waals surface area contributed by atoms with E-state index in [1.165, 1.54) is 0 Å². The first-order valence-electron chi connectivity index (χ1n) is 10.3. The van der Waals surface area contributed by atoms with Crippen LogP contribution in [0, 0.1) is 5.41 Å². The zero-order valence-corrected chi connectivity index (χ0v) is 17.5. The predicted molar refractivity (Wildman–Crippen MR) is 115 cm³/mol. The van der Waals surface area contributed by atoms with Crippen LogP contribution in [-0.2, 0) is 16.0 Å². The van der Waals surface area contributed by atoms with Crippen LogP contribution in [0.5, 0.6) is 5.75 Å². The lowest BCUT2D eigenvalue weighted by Crippen LogP contribution is -2.45. The second-order valence-electron chi connectivity index (χ2n) is 7.63. The number of amides is 2. The van der Waals surface area contributed by atoms with Gasteiger partial charge < -0.3 is 15.0 Å². The first-order chi connectivity index (χ1) is 14.0. The zero-order valence-electron chi connectivity index (χ0n) is 17.5. The van der Waals surface area contributed by atoms with Crippen molar-refractivity contribution in [2.75, 3.05) is 26.7 Å². The Morgan fingerprint density at radius 2 is 1.83 bits per heavy atom. The molecule has 1 aliphatic rings. The molecule has 1 N–H and O–H groups in total. The molecule has 1 aliphatic heterocycles. The Balaban J connectivity index is 1.83. The van der Waals surface area contributed by atoms with E-state index in [1.807, 2.05) is 43.0 Å². The van der Waals surface area contributed by atoms with E-state index in [0.29, 0.717) is 38.9 Å². The van der Waals surface area contributed by atoms with Gasteiger partial charge in [0.1, 0.15) is 5.75 Å². The second kappa shape index (κ2) is 9.12. The fraction of sp³-hybridized carbons (Fsp3) is 0.417. The van der Waals surface area contributed by atoms with E-state index in [0.717, 1.165) is 22.4 Å². The molecular weight excluding hydrogens is 364 g/mol. The van der Waals surface area contributed by atoms with Crippen molar-refractivity contribution in [3.05, 3.63) is 54.1 Å². The summed E-state index contributed by atoms with van der Waals surface area (Å²) in [5, 5.41) is 2.98. The van der Waals surface area contributed by atoms with Gasteiger partial charge in [0.05, 0.1) is 12.5 Å². The third kappa shape index (κ3) is 4.44. The van der Waals surface area contributed by atoms with Crippen molar-refractivity contribution < 1.29 is 14.3 Å². The van der Waals surface area contributed by atoms with Gasteiger partial charge in [-0.05, 0) is 37.0 Å². The van der Waals surface area contributed by atoms with Crippen molar-refractivity contribution in [2.45, 2.75) is 33.1 Å². The van der Waals surface area contributed by atoms with Crippen molar-refractivity contribution in [3.8, 4) is 16.9 Å². The summed E-state index contributed by atoms with van der Waals surface area (Å²) in [6.45, 7) is 5.51. The largest absolute Gasteiger partial charge is 0.496 e. The van der Waals surface area contributed by atoms with Crippen molar-refractivity contribution in [1.82, 2.24) is 10.2 Å². The molecule has 1 atom stereocenters. The van der Waals surface area contributed by atoms with E-state index in [2.05, 4.69) is 29.6 Å². The summed E-state index contributed by atoms with van der Waals surface area (Å²) in [5.41, 5.74) is 2.65. The standard InChI is InChI=1S/C24H30N2O3/c1-4-22(27)26-15-14-24(17-26,23(28)25-5-2)16-18-10-12-19(13-11-18)20-8-6-7-9-21(20)29-3/h6-13H,4-5,14-17H2,1-3H3,(H,25,28)/t24-/m0/s1. The van der Waals surface area contributed by atoms with Crippen LogP contribution in [0.15, 0.2) is 48.5 Å². The van der Waals surface area contributed by atoms with Crippen LogP contribution >= 0.6 is 0 Å². The highest BCUT2D eigenvalue weighted by molar-refractivity contribution is 5.85. The van der Waals surface area contributed by atoms with E-state index in [4.69, 9.17) is 4.74 Å². The van der Waals surface area contributed by atoms with Gasteiger partial charge in [-0.3, -0.25) is 9.59 Å². The second-order valence-corrected chi connectivity index (χ2v) is 7.63. The minimum atomic E-state index is -0.563. The summed E-state index contributed by atoms with van der Waals surface area (Å²) < 4.78 is 5.47. The molecule has 5 nitrogen and oxygen atoms in total. The molecule has 2 aromatic carbocycles. The fourth-order valence-corrected chi connectivity index (χ4v) is 4.14.